The van der Waals surface area contributed by atoms with Gasteiger partial charge < -0.3 is 20.3 Å². The number of guanidine groups is 1. The van der Waals surface area contributed by atoms with Gasteiger partial charge in [0.1, 0.15) is 6.54 Å². The van der Waals surface area contributed by atoms with Crippen LogP contribution in [0.5, 0.6) is 0 Å². The van der Waals surface area contributed by atoms with Crippen molar-refractivity contribution >= 4 is 47.7 Å². The van der Waals surface area contributed by atoms with E-state index in [9.17, 15) is 14.4 Å². The summed E-state index contributed by atoms with van der Waals surface area (Å²) in [6.45, 7) is 4.61. The molecule has 0 radical (unpaired) electrons. The van der Waals surface area contributed by atoms with Gasteiger partial charge in [0.05, 0.1) is 11.8 Å². The lowest BCUT2D eigenvalue weighted by atomic mass is 9.85. The molecule has 2 N–H and O–H groups in total. The van der Waals surface area contributed by atoms with Crippen LogP contribution < -0.4 is 10.6 Å². The number of rotatable bonds is 10. The predicted octanol–water partition coefficient (Wildman–Crippen LogP) is 0.462. The number of ether oxygens (including phenoxy) is 1. The number of fused-ring (bicyclic) bond motifs is 5. The summed E-state index contributed by atoms with van der Waals surface area (Å²) in [6.07, 6.45) is 5.93. The van der Waals surface area contributed by atoms with Gasteiger partial charge in [-0.05, 0) is 31.6 Å². The van der Waals surface area contributed by atoms with Gasteiger partial charge in [-0.1, -0.05) is 12.2 Å². The van der Waals surface area contributed by atoms with Crippen molar-refractivity contribution in [2.75, 3.05) is 53.5 Å². The van der Waals surface area contributed by atoms with Crippen LogP contribution in [0.25, 0.3) is 0 Å². The third-order valence-electron chi connectivity index (χ3n) is 6.02. The number of aliphatic imine (C=N–C) groups is 1. The van der Waals surface area contributed by atoms with Crippen LogP contribution in [-0.4, -0.2) is 87.0 Å². The number of halogens is 1. The third-order valence-corrected chi connectivity index (χ3v) is 6.02. The quantitative estimate of drug-likeness (QED) is 0.103. The molecule has 3 amide bonds. The fraction of sp³-hybridized carbons (Fsp3) is 0.714. The van der Waals surface area contributed by atoms with E-state index >= 15 is 0 Å². The summed E-state index contributed by atoms with van der Waals surface area (Å²) in [5.41, 5.74) is 0. The Kier molecular flexibility index (Phi) is 9.73. The van der Waals surface area contributed by atoms with E-state index in [4.69, 9.17) is 4.74 Å². The van der Waals surface area contributed by atoms with Gasteiger partial charge in [-0.3, -0.25) is 19.3 Å². The summed E-state index contributed by atoms with van der Waals surface area (Å²) in [5.74, 6) is 0.384. The van der Waals surface area contributed by atoms with Crippen LogP contribution in [0, 0.1) is 23.7 Å². The number of amides is 3. The first-order valence-corrected chi connectivity index (χ1v) is 10.8. The van der Waals surface area contributed by atoms with E-state index in [0.29, 0.717) is 38.8 Å². The van der Waals surface area contributed by atoms with Gasteiger partial charge in [-0.25, -0.2) is 4.99 Å². The molecule has 1 saturated heterocycles. The van der Waals surface area contributed by atoms with Crippen LogP contribution in [0.15, 0.2) is 17.1 Å². The molecule has 0 spiro atoms. The molecule has 4 unspecified atom stereocenters. The summed E-state index contributed by atoms with van der Waals surface area (Å²) in [7, 11) is 3.37. The van der Waals surface area contributed by atoms with Crippen molar-refractivity contribution in [3.05, 3.63) is 12.2 Å². The summed E-state index contributed by atoms with van der Waals surface area (Å²) in [5, 5.41) is 6.32. The van der Waals surface area contributed by atoms with E-state index in [1.165, 1.54) is 9.80 Å². The zero-order valence-electron chi connectivity index (χ0n) is 18.5. The van der Waals surface area contributed by atoms with Gasteiger partial charge in [-0.2, -0.15) is 0 Å². The second-order valence-electron chi connectivity index (χ2n) is 8.19. The molecule has 1 saturated carbocycles. The SMILES string of the molecule is CCOCCCNC(=NCC(=O)N(C)C)NCCN1C(=O)C2C3C=CC(C3)C2C1=O.I. The molecular weight excluding hydrogens is 513 g/mol. The summed E-state index contributed by atoms with van der Waals surface area (Å²) in [4.78, 5) is 44.6. The minimum absolute atomic E-state index is 0. The largest absolute Gasteiger partial charge is 0.382 e. The van der Waals surface area contributed by atoms with Crippen molar-refractivity contribution in [2.45, 2.75) is 19.8 Å². The molecule has 1 aliphatic heterocycles. The third kappa shape index (κ3) is 5.97. The normalized spacial score (nSPS) is 26.2. The summed E-state index contributed by atoms with van der Waals surface area (Å²) in [6, 6.07) is 0. The van der Waals surface area contributed by atoms with Gasteiger partial charge in [0, 0.05) is 46.9 Å². The molecule has 10 heteroatoms. The monoisotopic (exact) mass is 547 g/mol. The molecule has 2 bridgehead atoms. The molecule has 0 aromatic carbocycles. The number of allylic oxidation sites excluding steroid dienone is 2. The molecular formula is C21H34IN5O4. The Balaban J connectivity index is 0.00000341. The zero-order chi connectivity index (χ0) is 21.7. The van der Waals surface area contributed by atoms with E-state index < -0.39 is 0 Å². The van der Waals surface area contributed by atoms with Gasteiger partial charge in [0.2, 0.25) is 17.7 Å². The Hall–Kier alpha value is -1.69. The second-order valence-corrected chi connectivity index (χ2v) is 8.19. The van der Waals surface area contributed by atoms with Crippen LogP contribution in [0.4, 0.5) is 0 Å². The molecule has 2 aliphatic carbocycles. The van der Waals surface area contributed by atoms with Gasteiger partial charge in [-0.15, -0.1) is 24.0 Å². The predicted molar refractivity (Wildman–Crippen MR) is 128 cm³/mol. The van der Waals surface area contributed by atoms with Crippen LogP contribution in [-0.2, 0) is 19.1 Å². The minimum Gasteiger partial charge on any atom is -0.382 e. The molecule has 2 fully saturated rings. The number of hydrogen-bond donors (Lipinski definition) is 2. The van der Waals surface area contributed by atoms with Gasteiger partial charge >= 0.3 is 0 Å². The van der Waals surface area contributed by atoms with Crippen LogP contribution in [0.3, 0.4) is 0 Å². The van der Waals surface area contributed by atoms with Crippen molar-refractivity contribution in [3.8, 4) is 0 Å². The van der Waals surface area contributed by atoms with Crippen LogP contribution in [0.2, 0.25) is 0 Å². The minimum atomic E-state index is -0.171. The molecule has 3 aliphatic rings. The molecule has 9 nitrogen and oxygen atoms in total. The standard InChI is InChI=1S/C21H33N5O4.HI/c1-4-30-11-5-8-22-21(24-13-16(27)25(2)3)23-9-10-26-19(28)17-14-6-7-15(12-14)18(17)20(26)29;/h6-7,14-15,17-18H,4-5,8-13H2,1-3H3,(H2,22,23,24);1H. The van der Waals surface area contributed by atoms with Crippen LogP contribution in [0.1, 0.15) is 19.8 Å². The highest BCUT2D eigenvalue weighted by Gasteiger charge is 2.58. The summed E-state index contributed by atoms with van der Waals surface area (Å²) >= 11 is 0. The number of likely N-dealkylation sites (N-methyl/N-ethyl adjacent to an activating group) is 1. The lowest BCUT2D eigenvalue weighted by Gasteiger charge is -2.19. The first kappa shape index (κ1) is 25.6. The van der Waals surface area contributed by atoms with Gasteiger partial charge in [0.15, 0.2) is 5.96 Å². The molecule has 3 rings (SSSR count). The van der Waals surface area contributed by atoms with Crippen molar-refractivity contribution in [1.82, 2.24) is 20.4 Å². The Bertz CT molecular complexity index is 697. The summed E-state index contributed by atoms with van der Waals surface area (Å²) < 4.78 is 5.33. The number of carbonyl (C=O) groups excluding carboxylic acids is 3. The number of hydrogen-bond acceptors (Lipinski definition) is 5. The topological polar surface area (TPSA) is 103 Å². The van der Waals surface area contributed by atoms with E-state index in [0.717, 1.165) is 12.8 Å². The number of nitrogens with zero attached hydrogens (tertiary/aromatic N) is 3. The fourth-order valence-electron chi connectivity index (χ4n) is 4.46. The number of likely N-dealkylation sites (tertiary alicyclic amines) is 1. The molecule has 174 valence electrons. The van der Waals surface area contributed by atoms with Crippen molar-refractivity contribution < 1.29 is 19.1 Å². The van der Waals surface area contributed by atoms with Crippen molar-refractivity contribution in [2.24, 2.45) is 28.7 Å². The maximum absolute atomic E-state index is 12.8. The zero-order valence-corrected chi connectivity index (χ0v) is 20.8. The Labute approximate surface area is 201 Å². The first-order valence-electron chi connectivity index (χ1n) is 10.8. The van der Waals surface area contributed by atoms with E-state index in [2.05, 4.69) is 27.8 Å². The maximum atomic E-state index is 12.8. The number of carbonyl (C=O) groups is 3. The van der Waals surface area contributed by atoms with Crippen molar-refractivity contribution in [1.29, 1.82) is 0 Å². The lowest BCUT2D eigenvalue weighted by molar-refractivity contribution is -0.140. The van der Waals surface area contributed by atoms with Crippen LogP contribution >= 0.6 is 24.0 Å². The second kappa shape index (κ2) is 11.8. The van der Waals surface area contributed by atoms with Crippen molar-refractivity contribution in [3.63, 3.8) is 0 Å². The number of nitrogens with one attached hydrogen (secondary N) is 2. The Morgan fingerprint density at radius 1 is 1.16 bits per heavy atom. The highest BCUT2D eigenvalue weighted by molar-refractivity contribution is 14.0. The highest BCUT2D eigenvalue weighted by Crippen LogP contribution is 2.52. The van der Waals surface area contributed by atoms with Gasteiger partial charge in [0.25, 0.3) is 0 Å². The maximum Gasteiger partial charge on any atom is 0.243 e. The Morgan fingerprint density at radius 3 is 2.35 bits per heavy atom. The molecule has 31 heavy (non-hydrogen) atoms. The molecule has 4 atom stereocenters. The average molecular weight is 547 g/mol. The van der Waals surface area contributed by atoms with E-state index in [1.807, 2.05) is 6.92 Å². The highest BCUT2D eigenvalue weighted by atomic mass is 127. The molecule has 0 aromatic heterocycles. The van der Waals surface area contributed by atoms with E-state index in [-0.39, 0.29) is 71.9 Å². The Morgan fingerprint density at radius 2 is 1.77 bits per heavy atom. The lowest BCUT2D eigenvalue weighted by Crippen LogP contribution is -2.44. The fourth-order valence-corrected chi connectivity index (χ4v) is 4.46. The van der Waals surface area contributed by atoms with E-state index in [1.54, 1.807) is 14.1 Å². The average Bonchev–Trinajstić information content (AvgIpc) is 3.40. The smallest absolute Gasteiger partial charge is 0.243 e. The first-order chi connectivity index (χ1) is 14.4. The number of imide groups is 1. The molecule has 1 heterocycles. The molecule has 0 aromatic rings.